The van der Waals surface area contributed by atoms with Gasteiger partial charge >= 0.3 is 5.69 Å². The normalized spacial score (nSPS) is 27.5. The molecule has 0 radical (unpaired) electrons. The minimum Gasteiger partial charge on any atom is -0.394 e. The number of aliphatic hydroxyl groups is 2. The number of anilines is 1. The number of nitrogen functional groups attached to an aromatic ring is 1. The molecule has 1 saturated heterocycles. The van der Waals surface area contributed by atoms with Gasteiger partial charge in [0.1, 0.15) is 24.1 Å². The van der Waals surface area contributed by atoms with Gasteiger partial charge in [0.2, 0.25) is 0 Å². The second kappa shape index (κ2) is 7.74. The average Bonchev–Trinajstić information content (AvgIpc) is 2.86. The molecule has 0 aromatic carbocycles. The van der Waals surface area contributed by atoms with Crippen molar-refractivity contribution in [3.63, 3.8) is 0 Å². The van der Waals surface area contributed by atoms with E-state index in [1.165, 1.54) is 13.3 Å². The quantitative estimate of drug-likeness (QED) is 0.452. The van der Waals surface area contributed by atoms with Crippen molar-refractivity contribution >= 4 is 5.82 Å². The molecule has 2 heterocycles. The van der Waals surface area contributed by atoms with Crippen LogP contribution in [0.25, 0.3) is 0 Å². The van der Waals surface area contributed by atoms with Crippen molar-refractivity contribution in [3.05, 3.63) is 22.2 Å². The van der Waals surface area contributed by atoms with Gasteiger partial charge < -0.3 is 30.2 Å². The van der Waals surface area contributed by atoms with Crippen LogP contribution in [0.15, 0.2) is 11.0 Å². The lowest BCUT2D eigenvalue weighted by atomic mass is 10.1. The van der Waals surface area contributed by atoms with E-state index >= 15 is 0 Å². The van der Waals surface area contributed by atoms with E-state index in [0.717, 1.165) is 4.57 Å². The van der Waals surface area contributed by atoms with Gasteiger partial charge in [0.05, 0.1) is 12.2 Å². The number of hydrogen-bond acceptors (Lipinski definition) is 8. The molecule has 1 unspecified atom stereocenters. The molecule has 0 aliphatic carbocycles. The van der Waals surface area contributed by atoms with E-state index in [0.29, 0.717) is 5.56 Å². The van der Waals surface area contributed by atoms with Gasteiger partial charge in [0.15, 0.2) is 12.5 Å². The van der Waals surface area contributed by atoms with Crippen LogP contribution >= 0.6 is 0 Å². The molecule has 0 bridgehead atoms. The summed E-state index contributed by atoms with van der Waals surface area (Å²) in [6.45, 7) is 2.82. The number of nitrogens with two attached hydrogens (primary N) is 1. The van der Waals surface area contributed by atoms with Crippen LogP contribution in [0.5, 0.6) is 0 Å². The molecule has 9 nitrogen and oxygen atoms in total. The maximum atomic E-state index is 12.2. The number of hydrogen-bond donors (Lipinski definition) is 3. The van der Waals surface area contributed by atoms with Crippen LogP contribution < -0.4 is 11.4 Å². The van der Waals surface area contributed by atoms with Crippen molar-refractivity contribution in [2.45, 2.75) is 44.7 Å². The van der Waals surface area contributed by atoms with E-state index in [9.17, 15) is 15.0 Å². The maximum Gasteiger partial charge on any atom is 0.351 e. The molecular formula is C15H21N3O6. The summed E-state index contributed by atoms with van der Waals surface area (Å²) in [6, 6.07) is 0. The smallest absolute Gasteiger partial charge is 0.351 e. The molecule has 1 fully saturated rings. The van der Waals surface area contributed by atoms with E-state index in [1.807, 2.05) is 0 Å². The second-order valence-electron chi connectivity index (χ2n) is 5.25. The fourth-order valence-corrected chi connectivity index (χ4v) is 2.41. The molecule has 1 aliphatic rings. The monoisotopic (exact) mass is 339 g/mol. The van der Waals surface area contributed by atoms with Gasteiger partial charge in [-0.25, -0.2) is 4.79 Å². The van der Waals surface area contributed by atoms with Crippen LogP contribution in [-0.2, 0) is 14.2 Å². The summed E-state index contributed by atoms with van der Waals surface area (Å²) in [5.74, 6) is 5.42. The molecule has 132 valence electrons. The Hall–Kier alpha value is -1.96. The third-order valence-corrected chi connectivity index (χ3v) is 3.69. The predicted molar refractivity (Wildman–Crippen MR) is 83.8 cm³/mol. The van der Waals surface area contributed by atoms with Gasteiger partial charge in [0.25, 0.3) is 0 Å². The Morgan fingerprint density at radius 3 is 2.88 bits per heavy atom. The van der Waals surface area contributed by atoms with E-state index in [2.05, 4.69) is 16.8 Å². The molecule has 0 spiro atoms. The summed E-state index contributed by atoms with van der Waals surface area (Å²) < 4.78 is 17.3. The number of nitrogens with zero attached hydrogens (tertiary/aromatic N) is 2. The lowest BCUT2D eigenvalue weighted by molar-refractivity contribution is -0.182. The zero-order chi connectivity index (χ0) is 17.9. The summed E-state index contributed by atoms with van der Waals surface area (Å²) in [5.41, 5.74) is 5.36. The second-order valence-corrected chi connectivity index (χ2v) is 5.25. The van der Waals surface area contributed by atoms with Crippen molar-refractivity contribution in [1.82, 2.24) is 9.55 Å². The van der Waals surface area contributed by atoms with Crippen LogP contribution in [-0.4, -0.2) is 58.1 Å². The molecule has 1 aromatic rings. The van der Waals surface area contributed by atoms with Crippen LogP contribution in [0.2, 0.25) is 0 Å². The fourth-order valence-electron chi connectivity index (χ4n) is 2.41. The van der Waals surface area contributed by atoms with Gasteiger partial charge in [0, 0.05) is 13.3 Å². The molecule has 1 aromatic heterocycles. The lowest BCUT2D eigenvalue weighted by Crippen LogP contribution is -2.40. The molecular weight excluding hydrogens is 318 g/mol. The standard InChI is InChI=1S/C15H21N3O6/c1-4-5-9-6-18(15(21)17-13(9)16)14-12(23-8(2)22-3)11(20)10(7-19)24-14/h6,8,10-12,14,19-20H,7H2,1-3H3,(H2,16,17,21)/t8?,10-,11-,12-,14-/m1/s1. The van der Waals surface area contributed by atoms with Crippen LogP contribution in [0.4, 0.5) is 5.82 Å². The maximum absolute atomic E-state index is 12.2. The fraction of sp³-hybridized carbons (Fsp3) is 0.600. The highest BCUT2D eigenvalue weighted by Crippen LogP contribution is 2.32. The first-order valence-electron chi connectivity index (χ1n) is 7.37. The van der Waals surface area contributed by atoms with Crippen LogP contribution in [0.3, 0.4) is 0 Å². The molecule has 9 heteroatoms. The zero-order valence-corrected chi connectivity index (χ0v) is 13.7. The average molecular weight is 339 g/mol. The Morgan fingerprint density at radius 1 is 1.58 bits per heavy atom. The highest BCUT2D eigenvalue weighted by Gasteiger charge is 2.46. The van der Waals surface area contributed by atoms with Crippen molar-refractivity contribution in [1.29, 1.82) is 0 Å². The van der Waals surface area contributed by atoms with Crippen LogP contribution in [0, 0.1) is 11.8 Å². The Labute approximate surface area is 139 Å². The Balaban J connectivity index is 2.45. The summed E-state index contributed by atoms with van der Waals surface area (Å²) in [6.07, 6.45) is -3.26. The molecule has 4 N–H and O–H groups in total. The Morgan fingerprint density at radius 2 is 2.29 bits per heavy atom. The SMILES string of the molecule is CC#Cc1cn([C@@H]2O[C@H](CO)[C@@H](O)[C@H]2OC(C)OC)c(=O)nc1N. The third kappa shape index (κ3) is 3.58. The highest BCUT2D eigenvalue weighted by atomic mass is 16.7. The van der Waals surface area contributed by atoms with Gasteiger partial charge in [-0.3, -0.25) is 4.57 Å². The zero-order valence-electron chi connectivity index (χ0n) is 13.7. The minimum absolute atomic E-state index is 0.00517. The molecule has 2 rings (SSSR count). The van der Waals surface area contributed by atoms with Gasteiger partial charge in [-0.2, -0.15) is 4.98 Å². The molecule has 0 saturated carbocycles. The van der Waals surface area contributed by atoms with Gasteiger partial charge in [-0.1, -0.05) is 5.92 Å². The number of aliphatic hydroxyl groups excluding tert-OH is 2. The molecule has 24 heavy (non-hydrogen) atoms. The lowest BCUT2D eigenvalue weighted by Gasteiger charge is -2.25. The van der Waals surface area contributed by atoms with E-state index in [4.69, 9.17) is 19.9 Å². The Kier molecular flexibility index (Phi) is 5.93. The number of ether oxygens (including phenoxy) is 3. The first-order valence-corrected chi connectivity index (χ1v) is 7.37. The summed E-state index contributed by atoms with van der Waals surface area (Å²) in [7, 11) is 1.44. The number of rotatable bonds is 5. The summed E-state index contributed by atoms with van der Waals surface area (Å²) in [5, 5.41) is 19.6. The largest absolute Gasteiger partial charge is 0.394 e. The minimum atomic E-state index is -1.15. The first kappa shape index (κ1) is 18.4. The molecule has 0 amide bonds. The highest BCUT2D eigenvalue weighted by molar-refractivity contribution is 5.48. The Bertz CT molecular complexity index is 695. The van der Waals surface area contributed by atoms with E-state index in [1.54, 1.807) is 13.8 Å². The van der Waals surface area contributed by atoms with Crippen molar-refractivity contribution in [3.8, 4) is 11.8 Å². The summed E-state index contributed by atoms with van der Waals surface area (Å²) in [4.78, 5) is 15.9. The number of aromatic nitrogens is 2. The molecule has 1 aliphatic heterocycles. The van der Waals surface area contributed by atoms with E-state index in [-0.39, 0.29) is 5.82 Å². The third-order valence-electron chi connectivity index (χ3n) is 3.69. The van der Waals surface area contributed by atoms with E-state index < -0.39 is 43.1 Å². The first-order chi connectivity index (χ1) is 11.4. The summed E-state index contributed by atoms with van der Waals surface area (Å²) >= 11 is 0. The molecule has 5 atom stereocenters. The predicted octanol–water partition coefficient (Wildman–Crippen LogP) is -1.17. The van der Waals surface area contributed by atoms with Gasteiger partial charge in [-0.05, 0) is 13.8 Å². The van der Waals surface area contributed by atoms with Crippen LogP contribution in [0.1, 0.15) is 25.6 Å². The number of methoxy groups -OCH3 is 1. The van der Waals surface area contributed by atoms with Crippen molar-refractivity contribution in [2.75, 3.05) is 19.5 Å². The van der Waals surface area contributed by atoms with Gasteiger partial charge in [-0.15, -0.1) is 5.92 Å². The van der Waals surface area contributed by atoms with Crippen molar-refractivity contribution in [2.24, 2.45) is 0 Å². The topological polar surface area (TPSA) is 129 Å². The van der Waals surface area contributed by atoms with Crippen molar-refractivity contribution < 1.29 is 24.4 Å².